The van der Waals surface area contributed by atoms with Crippen LogP contribution < -0.4 is 20.9 Å². The number of aromatic nitrogens is 3. The number of hydrogen-bond donors (Lipinski definition) is 2. The van der Waals surface area contributed by atoms with Crippen molar-refractivity contribution in [3.8, 4) is 16.9 Å². The normalized spacial score (nSPS) is 11.6. The summed E-state index contributed by atoms with van der Waals surface area (Å²) < 4.78 is 7.17. The van der Waals surface area contributed by atoms with Crippen molar-refractivity contribution >= 4 is 28.4 Å². The maximum absolute atomic E-state index is 14.2. The second-order valence-electron chi connectivity index (χ2n) is 12.9. The number of hydrogen-bond acceptors (Lipinski definition) is 6. The van der Waals surface area contributed by atoms with E-state index in [4.69, 9.17) is 4.74 Å². The lowest BCUT2D eigenvalue weighted by atomic mass is 9.85. The van der Waals surface area contributed by atoms with Gasteiger partial charge in [-0.15, -0.1) is 0 Å². The number of nitrogens with zero attached hydrogens (tertiary/aromatic N) is 4. The van der Waals surface area contributed by atoms with E-state index in [1.165, 1.54) is 0 Å². The molecule has 0 bridgehead atoms. The van der Waals surface area contributed by atoms with Crippen molar-refractivity contribution in [2.45, 2.75) is 65.6 Å². The van der Waals surface area contributed by atoms with E-state index in [1.807, 2.05) is 67.7 Å². The molecular formula is C38H44N6O3. The molecule has 2 aromatic carbocycles. The number of amides is 2. The molecule has 9 nitrogen and oxygen atoms in total. The van der Waals surface area contributed by atoms with Gasteiger partial charge in [0.25, 0.3) is 5.56 Å². The summed E-state index contributed by atoms with van der Waals surface area (Å²) in [6.45, 7) is 10.3. The Labute approximate surface area is 276 Å². The largest absolute Gasteiger partial charge is 0.497 e. The Kier molecular flexibility index (Phi) is 10.4. The van der Waals surface area contributed by atoms with E-state index in [2.05, 4.69) is 65.3 Å². The lowest BCUT2D eigenvalue weighted by Gasteiger charge is -2.25. The molecule has 47 heavy (non-hydrogen) atoms. The molecule has 0 atom stereocenters. The van der Waals surface area contributed by atoms with Crippen molar-refractivity contribution < 1.29 is 9.53 Å². The second kappa shape index (κ2) is 14.6. The fourth-order valence-corrected chi connectivity index (χ4v) is 5.85. The van der Waals surface area contributed by atoms with E-state index in [0.29, 0.717) is 42.3 Å². The molecule has 0 aliphatic rings. The van der Waals surface area contributed by atoms with E-state index in [1.54, 1.807) is 24.1 Å². The molecule has 0 unspecified atom stereocenters. The lowest BCUT2D eigenvalue weighted by molar-refractivity contribution is 0.262. The van der Waals surface area contributed by atoms with Crippen molar-refractivity contribution in [3.63, 3.8) is 0 Å². The molecule has 0 saturated carbocycles. The summed E-state index contributed by atoms with van der Waals surface area (Å²) in [5, 5.41) is 6.84. The highest BCUT2D eigenvalue weighted by Gasteiger charge is 2.23. The number of carbonyl (C=O) groups excluding carboxylic acids is 1. The molecule has 5 aromatic rings. The van der Waals surface area contributed by atoms with Gasteiger partial charge in [-0.2, -0.15) is 0 Å². The summed E-state index contributed by atoms with van der Waals surface area (Å²) >= 11 is 0. The SMILES string of the molecule is CCCCn1c(=O)c(NC(=O)Nc2cc(CN(C)Cc3ccccn3)ccc2C(C)(C)C)c(-c2cccc(OC)c2)c2cccnc21. The average molecular weight is 633 g/mol. The fourth-order valence-electron chi connectivity index (χ4n) is 5.85. The number of rotatable bonds is 11. The number of anilines is 2. The Morgan fingerprint density at radius 3 is 2.47 bits per heavy atom. The summed E-state index contributed by atoms with van der Waals surface area (Å²) in [6, 6.07) is 22.9. The molecule has 5 rings (SSSR count). The minimum absolute atomic E-state index is 0.191. The fraction of sp³-hybridized carbons (Fsp3) is 0.316. The molecule has 2 amide bonds. The van der Waals surface area contributed by atoms with Crippen LogP contribution in [-0.2, 0) is 25.0 Å². The Hall–Kier alpha value is -5.02. The van der Waals surface area contributed by atoms with Gasteiger partial charge in [-0.05, 0) is 78.0 Å². The first-order valence-electron chi connectivity index (χ1n) is 16.0. The molecule has 3 aromatic heterocycles. The average Bonchev–Trinajstić information content (AvgIpc) is 3.05. The number of unbranched alkanes of at least 4 members (excludes halogenated alkanes) is 1. The van der Waals surface area contributed by atoms with Crippen LogP contribution in [0.15, 0.2) is 90.0 Å². The highest BCUT2D eigenvalue weighted by Crippen LogP contribution is 2.35. The molecule has 9 heteroatoms. The summed E-state index contributed by atoms with van der Waals surface area (Å²) in [5.74, 6) is 0.643. The van der Waals surface area contributed by atoms with Gasteiger partial charge < -0.3 is 15.4 Å². The third kappa shape index (κ3) is 7.86. The Bertz CT molecular complexity index is 1910. The van der Waals surface area contributed by atoms with Crippen LogP contribution in [0.3, 0.4) is 0 Å². The number of aryl methyl sites for hydroxylation is 1. The van der Waals surface area contributed by atoms with E-state index < -0.39 is 6.03 Å². The van der Waals surface area contributed by atoms with Gasteiger partial charge in [-0.25, -0.2) is 9.78 Å². The van der Waals surface area contributed by atoms with Gasteiger partial charge in [0.05, 0.1) is 12.8 Å². The van der Waals surface area contributed by atoms with Crippen LogP contribution in [0.1, 0.15) is 57.4 Å². The quantitative estimate of drug-likeness (QED) is 0.154. The number of methoxy groups -OCH3 is 1. The summed E-state index contributed by atoms with van der Waals surface area (Å²) in [7, 11) is 3.65. The Balaban J connectivity index is 1.53. The first kappa shape index (κ1) is 33.3. The first-order valence-corrected chi connectivity index (χ1v) is 16.0. The molecule has 0 radical (unpaired) electrons. The van der Waals surface area contributed by atoms with E-state index in [9.17, 15) is 9.59 Å². The summed E-state index contributed by atoms with van der Waals surface area (Å²) in [5.41, 5.74) is 5.26. The van der Waals surface area contributed by atoms with Crippen molar-refractivity contribution in [2.75, 3.05) is 24.8 Å². The topological polar surface area (TPSA) is 101 Å². The van der Waals surface area contributed by atoms with Crippen molar-refractivity contribution in [2.24, 2.45) is 0 Å². The second-order valence-corrected chi connectivity index (χ2v) is 12.9. The molecule has 0 spiro atoms. The minimum atomic E-state index is -0.499. The molecule has 3 heterocycles. The van der Waals surface area contributed by atoms with Gasteiger partial charge in [-0.1, -0.05) is 64.4 Å². The Morgan fingerprint density at radius 2 is 1.74 bits per heavy atom. The smallest absolute Gasteiger partial charge is 0.323 e. The zero-order valence-corrected chi connectivity index (χ0v) is 28.1. The van der Waals surface area contributed by atoms with Crippen LogP contribution in [-0.4, -0.2) is 39.6 Å². The number of benzene rings is 2. The molecule has 0 saturated heterocycles. The highest BCUT2D eigenvalue weighted by molar-refractivity contribution is 6.07. The van der Waals surface area contributed by atoms with Gasteiger partial charge in [0.2, 0.25) is 0 Å². The Morgan fingerprint density at radius 1 is 0.936 bits per heavy atom. The van der Waals surface area contributed by atoms with Crippen LogP contribution in [0.5, 0.6) is 5.75 Å². The van der Waals surface area contributed by atoms with Gasteiger partial charge >= 0.3 is 6.03 Å². The minimum Gasteiger partial charge on any atom is -0.497 e. The van der Waals surface area contributed by atoms with Gasteiger partial charge in [-0.3, -0.25) is 19.2 Å². The van der Waals surface area contributed by atoms with E-state index in [0.717, 1.165) is 40.6 Å². The third-order valence-electron chi connectivity index (χ3n) is 8.10. The van der Waals surface area contributed by atoms with Crippen LogP contribution in [0.4, 0.5) is 16.2 Å². The first-order chi connectivity index (χ1) is 22.6. The highest BCUT2D eigenvalue weighted by atomic mass is 16.5. The predicted octanol–water partition coefficient (Wildman–Crippen LogP) is 7.84. The number of carbonyl (C=O) groups is 1. The third-order valence-corrected chi connectivity index (χ3v) is 8.10. The molecule has 244 valence electrons. The zero-order valence-electron chi connectivity index (χ0n) is 28.1. The van der Waals surface area contributed by atoms with Gasteiger partial charge in [0.15, 0.2) is 0 Å². The van der Waals surface area contributed by atoms with Crippen molar-refractivity contribution in [1.29, 1.82) is 0 Å². The van der Waals surface area contributed by atoms with E-state index >= 15 is 0 Å². The molecular weight excluding hydrogens is 588 g/mol. The monoisotopic (exact) mass is 632 g/mol. The number of nitrogens with one attached hydrogen (secondary N) is 2. The summed E-state index contributed by atoms with van der Waals surface area (Å²) in [6.07, 6.45) is 5.19. The van der Waals surface area contributed by atoms with Crippen LogP contribution in [0.2, 0.25) is 0 Å². The van der Waals surface area contributed by atoms with Crippen LogP contribution >= 0.6 is 0 Å². The summed E-state index contributed by atoms with van der Waals surface area (Å²) in [4.78, 5) is 39.4. The maximum atomic E-state index is 14.2. The number of fused-ring (bicyclic) bond motifs is 1. The molecule has 2 N–H and O–H groups in total. The maximum Gasteiger partial charge on any atom is 0.323 e. The standard InChI is InChI=1S/C38H44N6O3/c1-7-8-21-44-35-30(16-12-20-40-35)33(27-13-11-15-29(23-27)47-6)34(36(44)45)42-37(46)41-32-22-26(17-18-31(32)38(2,3)4)24-43(5)25-28-14-9-10-19-39-28/h9-20,22-23H,7-8,21,24-25H2,1-6H3,(H2,41,42,46). The predicted molar refractivity (Wildman–Crippen MR) is 190 cm³/mol. The van der Waals surface area contributed by atoms with Crippen LogP contribution in [0.25, 0.3) is 22.2 Å². The molecule has 0 fully saturated rings. The van der Waals surface area contributed by atoms with Crippen LogP contribution in [0, 0.1) is 0 Å². The number of pyridine rings is 3. The van der Waals surface area contributed by atoms with Gasteiger partial charge in [0.1, 0.15) is 17.1 Å². The van der Waals surface area contributed by atoms with E-state index in [-0.39, 0.29) is 16.7 Å². The zero-order chi connectivity index (χ0) is 33.6. The lowest BCUT2D eigenvalue weighted by Crippen LogP contribution is -2.30. The molecule has 0 aliphatic heterocycles. The molecule has 0 aliphatic carbocycles. The van der Waals surface area contributed by atoms with Crippen molar-refractivity contribution in [1.82, 2.24) is 19.4 Å². The number of urea groups is 1. The number of ether oxygens (including phenoxy) is 1. The van der Waals surface area contributed by atoms with Gasteiger partial charge in [0, 0.05) is 48.7 Å². The van der Waals surface area contributed by atoms with Crippen molar-refractivity contribution in [3.05, 3.63) is 112 Å².